The van der Waals surface area contributed by atoms with E-state index >= 15 is 0 Å². The SMILES string of the molecule is [10B-][10BH][10B]([10BH2])S(=[10B][10B]([10BH2])[10BH2])(=[10B][10B]([10BH2])[10BH2])CCCCCCCCCCCCCCCCCC.[Na+].[Na+]. The van der Waals surface area contributed by atoms with Crippen molar-refractivity contribution in [3.05, 3.63) is 0 Å². The number of hydrogen-bond donors (Lipinski definition) is 0. The average molecular weight is 463 g/mol. The molecule has 0 nitrogen and oxygen atoms in total. The van der Waals surface area contributed by atoms with Gasteiger partial charge in [0.15, 0.2) is 0 Å². The van der Waals surface area contributed by atoms with Crippen LogP contribution in [0.4, 0.5) is 0 Å². The molecule has 0 aliphatic carbocycles. The van der Waals surface area contributed by atoms with Crippen LogP contribution in [0.5, 0.6) is 0 Å². The molecule has 33 heavy (non-hydrogen) atoms. The van der Waals surface area contributed by atoms with Gasteiger partial charge < -0.3 is 0 Å². The summed E-state index contributed by atoms with van der Waals surface area (Å²) in [5.41, 5.74) is 0. The minimum atomic E-state index is -0.818. The summed E-state index contributed by atoms with van der Waals surface area (Å²) in [6.07, 6.45) is 24.4. The molecule has 163 valence electrons. The van der Waals surface area contributed by atoms with Gasteiger partial charge in [0.05, 0.1) is 0 Å². The number of unbranched alkanes of at least 4 members (excludes halogenated alkanes) is 15. The Balaban J connectivity index is -0.00000450. The zero-order valence-corrected chi connectivity index (χ0v) is 29.4. The second-order valence-electron chi connectivity index (χ2n) is 10.7. The van der Waals surface area contributed by atoms with Gasteiger partial charge >= 0.3 is 222 Å². The van der Waals surface area contributed by atoms with Crippen molar-refractivity contribution in [3.63, 3.8) is 0 Å². The fraction of sp³-hybridized carbons (Fsp3) is 1.00. The Bertz CT molecular complexity index is 511. The molecule has 0 amide bonds. The first-order chi connectivity index (χ1) is 14.9. The predicted octanol–water partition coefficient (Wildman–Crippen LogP) is -6.06. The summed E-state index contributed by atoms with van der Waals surface area (Å²) in [6, 6.07) is 5.35. The molecule has 0 aromatic carbocycles. The van der Waals surface area contributed by atoms with E-state index in [1.54, 1.807) is 0 Å². The van der Waals surface area contributed by atoms with Crippen molar-refractivity contribution < 1.29 is 59.1 Å². The first kappa shape index (κ1) is 40.6. The molecule has 0 spiro atoms. The van der Waals surface area contributed by atoms with Gasteiger partial charge in [-0.3, -0.25) is 0 Å². The van der Waals surface area contributed by atoms with Crippen LogP contribution >= 0.6 is 8.73 Å². The van der Waals surface area contributed by atoms with Crippen LogP contribution in [-0.2, 0) is 0 Å². The first-order valence-corrected chi connectivity index (χ1v) is 16.1. The fourth-order valence-electron chi connectivity index (χ4n) is 4.74. The van der Waals surface area contributed by atoms with Crippen molar-refractivity contribution in [3.8, 4) is 0 Å². The molecule has 0 aliphatic heterocycles. The van der Waals surface area contributed by atoms with Crippen molar-refractivity contribution >= 4 is 92.9 Å². The summed E-state index contributed by atoms with van der Waals surface area (Å²) < 4.78 is 0. The molecule has 0 aromatic rings. The Kier molecular flexibility index (Phi) is 34.6. The molecule has 0 aromatic heterocycles. The van der Waals surface area contributed by atoms with E-state index in [1.165, 1.54) is 108 Å². The van der Waals surface area contributed by atoms with Crippen LogP contribution in [0.25, 0.3) is 0 Å². The van der Waals surface area contributed by atoms with Crippen molar-refractivity contribution in [2.24, 2.45) is 0 Å². The molecule has 15 heteroatoms. The van der Waals surface area contributed by atoms with Crippen LogP contribution in [0.3, 0.4) is 0 Å². The second kappa shape index (κ2) is 28.1. The van der Waals surface area contributed by atoms with E-state index in [0.717, 1.165) is 7.06 Å². The van der Waals surface area contributed by atoms with Crippen LogP contribution in [0.15, 0.2) is 0 Å². The molecule has 0 rings (SSSR count). The zero-order valence-electron chi connectivity index (χ0n) is 24.6. The van der Waals surface area contributed by atoms with Crippen LogP contribution in [0, 0.1) is 0 Å². The van der Waals surface area contributed by atoms with Crippen LogP contribution in [-0.4, -0.2) is 89.9 Å². The monoisotopic (exact) mass is 462 g/mol. The molecular formula is C18H48B12Na2S+. The van der Waals surface area contributed by atoms with Crippen LogP contribution < -0.4 is 59.1 Å². The molecule has 0 N–H and O–H groups in total. The standard InChI is InChI=1S/C18H48B12S.2Na/c1-2-3-4-5-6-7-8-9-10-11-12-13-14-15-16-17-18-31(26-28(20)21,27-29(22)23)30(24)25-19;;/h25H,2-18,20-24H2,1H3;;/q-1;2*+1/i19-1,20-1,21-1,22-1,23-1,24-1,25-1,26-1,27-1,28-1,29-1,30-1;;. The van der Waals surface area contributed by atoms with Gasteiger partial charge in [0, 0.05) is 0 Å². The third-order valence-corrected chi connectivity index (χ3v) is 11.3. The normalized spacial score (nSPS) is 10.2. The van der Waals surface area contributed by atoms with Crippen molar-refractivity contribution in [1.82, 2.24) is 0 Å². The Hall–Kier alpha value is 3.13. The van der Waals surface area contributed by atoms with Gasteiger partial charge in [0.2, 0.25) is 0 Å². The summed E-state index contributed by atoms with van der Waals surface area (Å²) in [7, 11) is 17.9. The van der Waals surface area contributed by atoms with E-state index in [4.69, 9.17) is 7.74 Å². The van der Waals surface area contributed by atoms with E-state index in [0.29, 0.717) is 18.5 Å². The average Bonchev–Trinajstić information content (AvgIpc) is 2.71. The quantitative estimate of drug-likeness (QED) is 0.118. The molecule has 0 unspecified atom stereocenters. The van der Waals surface area contributed by atoms with Gasteiger partial charge in [-0.15, -0.1) is 0 Å². The molecule has 0 atom stereocenters. The summed E-state index contributed by atoms with van der Waals surface area (Å²) in [6.45, 7) is 2.30. The van der Waals surface area contributed by atoms with E-state index in [1.807, 2.05) is 0 Å². The molecule has 0 heterocycles. The van der Waals surface area contributed by atoms with Crippen molar-refractivity contribution in [2.45, 2.75) is 110 Å². The van der Waals surface area contributed by atoms with Gasteiger partial charge in [-0.25, -0.2) is 0 Å². The van der Waals surface area contributed by atoms with Gasteiger partial charge in [-0.2, -0.15) is 0 Å². The smallest absolute Gasteiger partial charge is 0.0654 e. The Labute approximate surface area is 264 Å². The topological polar surface area (TPSA) is 0 Å². The minimum absolute atomic E-state index is 0. The summed E-state index contributed by atoms with van der Waals surface area (Å²) >= 11 is 0. The Morgan fingerprint density at radius 2 is 0.909 bits per heavy atom. The number of hydrogen-bond acceptors (Lipinski definition) is 0. The molecular weight excluding hydrogens is 414 g/mol. The van der Waals surface area contributed by atoms with Crippen LogP contribution in [0.2, 0.25) is 0 Å². The summed E-state index contributed by atoms with van der Waals surface area (Å²) in [5, 5.41) is 0. The van der Waals surface area contributed by atoms with Crippen molar-refractivity contribution in [2.75, 3.05) is 5.75 Å². The van der Waals surface area contributed by atoms with Gasteiger partial charge in [-0.1, -0.05) is 45.4 Å². The van der Waals surface area contributed by atoms with Gasteiger partial charge in [0.1, 0.15) is 0 Å². The Morgan fingerprint density at radius 1 is 0.606 bits per heavy atom. The molecule has 0 bridgehead atoms. The minimum Gasteiger partial charge on any atom is -0.0654 e. The summed E-state index contributed by atoms with van der Waals surface area (Å²) in [4.78, 5) is 0. The Morgan fingerprint density at radius 3 is 1.18 bits per heavy atom. The first-order valence-electron chi connectivity index (χ1n) is 14.1. The van der Waals surface area contributed by atoms with E-state index < -0.39 is 8.73 Å². The van der Waals surface area contributed by atoms with Crippen molar-refractivity contribution in [1.29, 1.82) is 0 Å². The maximum absolute atomic E-state index is 6.15. The van der Waals surface area contributed by atoms with Gasteiger partial charge in [0.25, 0.3) is 0 Å². The molecule has 0 saturated heterocycles. The second-order valence-corrected chi connectivity index (χ2v) is 14.3. The third-order valence-electron chi connectivity index (χ3n) is 6.48. The fourth-order valence-corrected chi connectivity index (χ4v) is 9.13. The zero-order chi connectivity index (χ0) is 23.4. The van der Waals surface area contributed by atoms with E-state index in [2.05, 4.69) is 57.7 Å². The predicted molar refractivity (Wildman–Crippen MR) is 176 cm³/mol. The molecule has 0 fully saturated rings. The molecule has 0 saturated carbocycles. The van der Waals surface area contributed by atoms with Crippen LogP contribution in [0.1, 0.15) is 110 Å². The number of rotatable bonds is 21. The summed E-state index contributed by atoms with van der Waals surface area (Å²) in [5.74, 6) is 1.98. The molecule has 0 aliphatic rings. The molecule has 3 radical (unpaired) electrons. The maximum atomic E-state index is 6.15. The van der Waals surface area contributed by atoms with E-state index in [-0.39, 0.29) is 59.1 Å². The van der Waals surface area contributed by atoms with E-state index in [9.17, 15) is 0 Å². The third kappa shape index (κ3) is 23.9. The van der Waals surface area contributed by atoms with Gasteiger partial charge in [-0.05, 0) is 0 Å².